The van der Waals surface area contributed by atoms with Gasteiger partial charge in [0.05, 0.1) is 18.6 Å². The van der Waals surface area contributed by atoms with E-state index in [0.717, 1.165) is 5.75 Å². The van der Waals surface area contributed by atoms with Crippen LogP contribution >= 0.6 is 11.8 Å². The van der Waals surface area contributed by atoms with E-state index in [0.29, 0.717) is 12.0 Å². The number of aliphatic hydroxyl groups is 1. The maximum absolute atomic E-state index is 12.5. The van der Waals surface area contributed by atoms with E-state index in [2.05, 4.69) is 0 Å². The van der Waals surface area contributed by atoms with Crippen LogP contribution < -0.4 is 0 Å². The second kappa shape index (κ2) is 7.70. The van der Waals surface area contributed by atoms with Crippen molar-refractivity contribution in [1.82, 2.24) is 4.90 Å². The summed E-state index contributed by atoms with van der Waals surface area (Å²) in [5.74, 6) is -0.516. The molecule has 1 aromatic rings. The first-order chi connectivity index (χ1) is 11.0. The van der Waals surface area contributed by atoms with Gasteiger partial charge in [0.25, 0.3) is 0 Å². The molecule has 1 saturated heterocycles. The quantitative estimate of drug-likeness (QED) is 0.644. The van der Waals surface area contributed by atoms with Crippen LogP contribution in [0.25, 0.3) is 0 Å². The lowest BCUT2D eigenvalue weighted by molar-refractivity contribution is -0.143. The summed E-state index contributed by atoms with van der Waals surface area (Å²) in [6.07, 6.45) is 2.80. The van der Waals surface area contributed by atoms with Crippen molar-refractivity contribution in [2.75, 3.05) is 18.6 Å². The van der Waals surface area contributed by atoms with Crippen molar-refractivity contribution in [1.29, 1.82) is 0 Å². The van der Waals surface area contributed by atoms with E-state index >= 15 is 0 Å². The van der Waals surface area contributed by atoms with Crippen LogP contribution in [0.15, 0.2) is 18.2 Å². The summed E-state index contributed by atoms with van der Waals surface area (Å²) in [4.78, 5) is 25.9. The standard InChI is InChI=1S/C16H21NO5S/c1-23-5-4-12(9-18)17-15(21)7-11(16(17)22)6-10-2-3-13(19)8-14(10)20/h2-3,8,11-12,18-20H,4-7,9H2,1H3. The van der Waals surface area contributed by atoms with Gasteiger partial charge in [0.15, 0.2) is 0 Å². The molecule has 0 aliphatic carbocycles. The van der Waals surface area contributed by atoms with Crippen molar-refractivity contribution >= 4 is 23.6 Å². The summed E-state index contributed by atoms with van der Waals surface area (Å²) in [7, 11) is 0. The predicted molar refractivity (Wildman–Crippen MR) is 87.3 cm³/mol. The van der Waals surface area contributed by atoms with Crippen LogP contribution in [0.2, 0.25) is 0 Å². The monoisotopic (exact) mass is 339 g/mol. The first-order valence-corrected chi connectivity index (χ1v) is 8.83. The first kappa shape index (κ1) is 17.6. The Balaban J connectivity index is 2.11. The van der Waals surface area contributed by atoms with Gasteiger partial charge in [0, 0.05) is 12.5 Å². The highest BCUT2D eigenvalue weighted by atomic mass is 32.2. The molecule has 2 amide bonds. The molecule has 1 aliphatic rings. The van der Waals surface area contributed by atoms with Gasteiger partial charge in [0.1, 0.15) is 11.5 Å². The molecule has 3 N–H and O–H groups in total. The van der Waals surface area contributed by atoms with Gasteiger partial charge in [0.2, 0.25) is 11.8 Å². The summed E-state index contributed by atoms with van der Waals surface area (Å²) in [6, 6.07) is 3.70. The lowest BCUT2D eigenvalue weighted by Gasteiger charge is -2.24. The van der Waals surface area contributed by atoms with Crippen molar-refractivity contribution in [3.05, 3.63) is 23.8 Å². The number of thioether (sulfide) groups is 1. The van der Waals surface area contributed by atoms with Crippen LogP contribution in [0, 0.1) is 5.92 Å². The van der Waals surface area contributed by atoms with Crippen LogP contribution in [-0.4, -0.2) is 56.7 Å². The molecule has 6 nitrogen and oxygen atoms in total. The van der Waals surface area contributed by atoms with Crippen molar-refractivity contribution in [2.24, 2.45) is 5.92 Å². The lowest BCUT2D eigenvalue weighted by atomic mass is 9.97. The van der Waals surface area contributed by atoms with Crippen LogP contribution in [-0.2, 0) is 16.0 Å². The summed E-state index contributed by atoms with van der Waals surface area (Å²) in [5, 5.41) is 28.6. The number of benzene rings is 1. The predicted octanol–water partition coefficient (Wildman–Crippen LogP) is 1.13. The second-order valence-electron chi connectivity index (χ2n) is 5.64. The number of rotatable bonds is 7. The fourth-order valence-electron chi connectivity index (χ4n) is 2.81. The SMILES string of the molecule is CSCCC(CO)N1C(=O)CC(Cc2ccc(O)cc2O)C1=O. The number of hydrogen-bond donors (Lipinski definition) is 3. The van der Waals surface area contributed by atoms with Gasteiger partial charge in [-0.2, -0.15) is 11.8 Å². The van der Waals surface area contributed by atoms with Crippen molar-refractivity contribution < 1.29 is 24.9 Å². The van der Waals surface area contributed by atoms with Crippen LogP contribution in [0.3, 0.4) is 0 Å². The van der Waals surface area contributed by atoms with Gasteiger partial charge >= 0.3 is 0 Å². The van der Waals surface area contributed by atoms with E-state index < -0.39 is 12.0 Å². The number of carbonyl (C=O) groups excluding carboxylic acids is 2. The zero-order valence-electron chi connectivity index (χ0n) is 12.9. The second-order valence-corrected chi connectivity index (χ2v) is 6.62. The van der Waals surface area contributed by atoms with Gasteiger partial charge in [-0.25, -0.2) is 0 Å². The number of amides is 2. The number of imide groups is 1. The third-order valence-corrected chi connectivity index (χ3v) is 4.69. The zero-order valence-corrected chi connectivity index (χ0v) is 13.8. The number of phenols is 2. The molecule has 0 radical (unpaired) electrons. The molecule has 0 bridgehead atoms. The molecule has 0 spiro atoms. The maximum atomic E-state index is 12.5. The molecule has 2 rings (SSSR count). The van der Waals surface area contributed by atoms with Crippen molar-refractivity contribution in [2.45, 2.75) is 25.3 Å². The molecule has 7 heteroatoms. The molecule has 0 aromatic heterocycles. The van der Waals surface area contributed by atoms with Crippen molar-refractivity contribution in [3.8, 4) is 11.5 Å². The summed E-state index contributed by atoms with van der Waals surface area (Å²) in [6.45, 7) is -0.241. The fraction of sp³-hybridized carbons (Fsp3) is 0.500. The Morgan fingerprint density at radius 2 is 2.09 bits per heavy atom. The molecule has 0 saturated carbocycles. The van der Waals surface area contributed by atoms with Crippen LogP contribution in [0.4, 0.5) is 0 Å². The molecule has 23 heavy (non-hydrogen) atoms. The average molecular weight is 339 g/mol. The van der Waals surface area contributed by atoms with Gasteiger partial charge < -0.3 is 15.3 Å². The van der Waals surface area contributed by atoms with E-state index in [1.165, 1.54) is 17.0 Å². The number of nitrogens with zero attached hydrogens (tertiary/aromatic N) is 1. The van der Waals surface area contributed by atoms with E-state index in [1.807, 2.05) is 6.26 Å². The summed E-state index contributed by atoms with van der Waals surface area (Å²) >= 11 is 1.60. The molecule has 2 atom stereocenters. The molecule has 2 unspecified atom stereocenters. The maximum Gasteiger partial charge on any atom is 0.233 e. The molecular weight excluding hydrogens is 318 g/mol. The van der Waals surface area contributed by atoms with E-state index in [1.54, 1.807) is 17.8 Å². The highest BCUT2D eigenvalue weighted by molar-refractivity contribution is 7.98. The highest BCUT2D eigenvalue weighted by Crippen LogP contribution is 2.31. The largest absolute Gasteiger partial charge is 0.508 e. The van der Waals surface area contributed by atoms with Crippen LogP contribution in [0.5, 0.6) is 11.5 Å². The Hall–Kier alpha value is -1.73. The Labute approximate surface area is 139 Å². The minimum absolute atomic E-state index is 0.0564. The number of phenolic OH excluding ortho intramolecular Hbond substituents is 2. The molecule has 1 fully saturated rings. The van der Waals surface area contributed by atoms with Crippen LogP contribution in [0.1, 0.15) is 18.4 Å². The number of hydrogen-bond acceptors (Lipinski definition) is 6. The molecule has 126 valence electrons. The third-order valence-electron chi connectivity index (χ3n) is 4.04. The lowest BCUT2D eigenvalue weighted by Crippen LogP contribution is -2.43. The Morgan fingerprint density at radius 3 is 2.70 bits per heavy atom. The fourth-order valence-corrected chi connectivity index (χ4v) is 3.31. The van der Waals surface area contributed by atoms with E-state index in [4.69, 9.17) is 0 Å². The molecule has 1 aliphatic heterocycles. The van der Waals surface area contributed by atoms with Crippen molar-refractivity contribution in [3.63, 3.8) is 0 Å². The number of carbonyl (C=O) groups is 2. The Morgan fingerprint density at radius 1 is 1.35 bits per heavy atom. The number of aliphatic hydroxyl groups excluding tert-OH is 1. The average Bonchev–Trinajstić information content (AvgIpc) is 2.78. The summed E-state index contributed by atoms with van der Waals surface area (Å²) in [5.41, 5.74) is 0.514. The topological polar surface area (TPSA) is 98.1 Å². The normalized spacial score (nSPS) is 19.4. The van der Waals surface area contributed by atoms with Gasteiger partial charge in [-0.1, -0.05) is 6.07 Å². The smallest absolute Gasteiger partial charge is 0.233 e. The van der Waals surface area contributed by atoms with Gasteiger partial charge in [-0.3, -0.25) is 14.5 Å². The van der Waals surface area contributed by atoms with E-state index in [9.17, 15) is 24.9 Å². The molecular formula is C16H21NO5S. The Kier molecular flexibility index (Phi) is 5.90. The molecule has 1 aromatic carbocycles. The third kappa shape index (κ3) is 3.97. The first-order valence-electron chi connectivity index (χ1n) is 7.44. The summed E-state index contributed by atoms with van der Waals surface area (Å²) < 4.78 is 0. The highest BCUT2D eigenvalue weighted by Gasteiger charge is 2.42. The minimum atomic E-state index is -0.540. The zero-order chi connectivity index (χ0) is 17.0. The number of likely N-dealkylation sites (tertiary alicyclic amines) is 1. The van der Waals surface area contributed by atoms with Gasteiger partial charge in [-0.05, 0) is 36.5 Å². The Bertz CT molecular complexity index is 592. The van der Waals surface area contributed by atoms with E-state index in [-0.39, 0.29) is 42.8 Å². The van der Waals surface area contributed by atoms with Gasteiger partial charge in [-0.15, -0.1) is 0 Å². The molecule has 1 heterocycles. The minimum Gasteiger partial charge on any atom is -0.508 e. The number of aromatic hydroxyl groups is 2.